The maximum atomic E-state index is 14.5. The highest BCUT2D eigenvalue weighted by Crippen LogP contribution is 2.28. The summed E-state index contributed by atoms with van der Waals surface area (Å²) in [6, 6.07) is 18.4. The van der Waals surface area contributed by atoms with E-state index in [0.717, 1.165) is 11.6 Å². The number of anilines is 1. The maximum Gasteiger partial charge on any atom is 0.337 e. The van der Waals surface area contributed by atoms with Gasteiger partial charge in [0, 0.05) is 12.4 Å². The summed E-state index contributed by atoms with van der Waals surface area (Å²) in [6.45, 7) is 0. The molecule has 0 aliphatic rings. The van der Waals surface area contributed by atoms with Crippen molar-refractivity contribution in [2.24, 2.45) is 0 Å². The first-order valence-electron chi connectivity index (χ1n) is 9.10. The smallest absolute Gasteiger partial charge is 0.337 e. The van der Waals surface area contributed by atoms with E-state index in [1.165, 1.54) is 41.3 Å². The first kappa shape index (κ1) is 20.3. The second-order valence-electron chi connectivity index (χ2n) is 6.60. The molecule has 4 aromatic rings. The van der Waals surface area contributed by atoms with Crippen LogP contribution < -0.4 is 4.72 Å². The number of benzene rings is 3. The topological polar surface area (TPSA) is 101 Å². The van der Waals surface area contributed by atoms with Crippen LogP contribution >= 0.6 is 0 Å². The fourth-order valence-electron chi connectivity index (χ4n) is 3.08. The van der Waals surface area contributed by atoms with E-state index >= 15 is 0 Å². The molecule has 1 aromatic heterocycles. The second-order valence-corrected chi connectivity index (χ2v) is 8.28. The van der Waals surface area contributed by atoms with Crippen molar-refractivity contribution in [3.05, 3.63) is 96.6 Å². The molecule has 7 nitrogen and oxygen atoms in total. The molecule has 0 aliphatic heterocycles. The van der Waals surface area contributed by atoms with Gasteiger partial charge in [-0.3, -0.25) is 4.72 Å². The van der Waals surface area contributed by atoms with Crippen LogP contribution in [-0.4, -0.2) is 29.3 Å². The molecule has 2 N–H and O–H groups in total. The van der Waals surface area contributed by atoms with Crippen molar-refractivity contribution in [2.45, 2.75) is 4.90 Å². The monoisotopic (exact) mass is 437 g/mol. The van der Waals surface area contributed by atoms with Gasteiger partial charge >= 0.3 is 5.97 Å². The number of nitrogens with one attached hydrogen (secondary N) is 1. The minimum absolute atomic E-state index is 0.0845. The summed E-state index contributed by atoms with van der Waals surface area (Å²) in [5.74, 6) is -2.08. The molecule has 0 bridgehead atoms. The lowest BCUT2D eigenvalue weighted by Gasteiger charge is -2.13. The summed E-state index contributed by atoms with van der Waals surface area (Å²) in [5.41, 5.74) is 1.15. The zero-order valence-corrected chi connectivity index (χ0v) is 16.8. The van der Waals surface area contributed by atoms with Crippen LogP contribution in [0.3, 0.4) is 0 Å². The summed E-state index contributed by atoms with van der Waals surface area (Å²) < 4.78 is 43.8. The van der Waals surface area contributed by atoms with Gasteiger partial charge in [0.1, 0.15) is 11.5 Å². The van der Waals surface area contributed by atoms with Crippen molar-refractivity contribution in [3.8, 4) is 16.8 Å². The third kappa shape index (κ3) is 4.17. The molecule has 0 saturated heterocycles. The van der Waals surface area contributed by atoms with Crippen molar-refractivity contribution in [1.82, 2.24) is 9.78 Å². The number of nitrogens with zero attached hydrogens (tertiary/aromatic N) is 2. The van der Waals surface area contributed by atoms with Gasteiger partial charge in [0.2, 0.25) is 0 Å². The highest BCUT2D eigenvalue weighted by molar-refractivity contribution is 7.92. The summed E-state index contributed by atoms with van der Waals surface area (Å²) in [6.07, 6.45) is 3.00. The number of aromatic nitrogens is 2. The fraction of sp³-hybridized carbons (Fsp3) is 0. The van der Waals surface area contributed by atoms with Gasteiger partial charge in [-0.25, -0.2) is 22.3 Å². The van der Waals surface area contributed by atoms with Gasteiger partial charge in [0.25, 0.3) is 10.0 Å². The predicted molar refractivity (Wildman–Crippen MR) is 113 cm³/mol. The zero-order valence-electron chi connectivity index (χ0n) is 15.9. The molecule has 0 aliphatic carbocycles. The highest BCUT2D eigenvalue weighted by Gasteiger charge is 2.21. The third-order valence-electron chi connectivity index (χ3n) is 4.58. The minimum Gasteiger partial charge on any atom is -0.478 e. The van der Waals surface area contributed by atoms with Gasteiger partial charge in [0.05, 0.1) is 16.1 Å². The van der Waals surface area contributed by atoms with Gasteiger partial charge in [-0.15, -0.1) is 0 Å². The van der Waals surface area contributed by atoms with Crippen molar-refractivity contribution >= 4 is 21.7 Å². The number of carbonyl (C=O) groups is 1. The summed E-state index contributed by atoms with van der Waals surface area (Å²) >= 11 is 0. The molecule has 3 aromatic carbocycles. The summed E-state index contributed by atoms with van der Waals surface area (Å²) in [5, 5.41) is 13.4. The number of halogens is 1. The van der Waals surface area contributed by atoms with E-state index in [9.17, 15) is 22.7 Å². The number of aromatic carboxylic acids is 1. The Morgan fingerprint density at radius 1 is 0.968 bits per heavy atom. The van der Waals surface area contributed by atoms with Crippen LogP contribution in [0.25, 0.3) is 16.8 Å². The SMILES string of the molecule is O=C(O)c1ccc(-c2ccccc2)cc1NS(=O)(=O)c1ccc(-n2cccn2)c(F)c1. The Bertz CT molecular complexity index is 1360. The van der Waals surface area contributed by atoms with Crippen LogP contribution in [0.15, 0.2) is 90.1 Å². The van der Waals surface area contributed by atoms with Crippen LogP contribution in [0.2, 0.25) is 0 Å². The normalized spacial score (nSPS) is 11.3. The van der Waals surface area contributed by atoms with Crippen molar-refractivity contribution < 1.29 is 22.7 Å². The number of carboxylic acids is 1. The van der Waals surface area contributed by atoms with Gasteiger partial charge in [-0.1, -0.05) is 36.4 Å². The number of hydrogen-bond donors (Lipinski definition) is 2. The Morgan fingerprint density at radius 3 is 2.39 bits per heavy atom. The fourth-order valence-corrected chi connectivity index (χ4v) is 4.16. The molecular formula is C22H16FN3O4S. The van der Waals surface area contributed by atoms with Gasteiger partial charge < -0.3 is 5.11 Å². The molecule has 0 atom stereocenters. The van der Waals surface area contributed by atoms with E-state index in [4.69, 9.17) is 0 Å². The molecule has 0 saturated carbocycles. The summed E-state index contributed by atoms with van der Waals surface area (Å²) in [7, 11) is -4.26. The van der Waals surface area contributed by atoms with Gasteiger partial charge in [-0.05, 0) is 47.5 Å². The number of carboxylic acid groups (broad SMARTS) is 1. The third-order valence-corrected chi connectivity index (χ3v) is 5.95. The molecular weight excluding hydrogens is 421 g/mol. The average molecular weight is 437 g/mol. The predicted octanol–water partition coefficient (Wildman–Crippen LogP) is 4.18. The zero-order chi connectivity index (χ0) is 22.0. The molecule has 0 amide bonds. The highest BCUT2D eigenvalue weighted by atomic mass is 32.2. The maximum absolute atomic E-state index is 14.5. The van der Waals surface area contributed by atoms with E-state index in [1.54, 1.807) is 12.1 Å². The first-order chi connectivity index (χ1) is 14.8. The molecule has 0 unspecified atom stereocenters. The lowest BCUT2D eigenvalue weighted by molar-refractivity contribution is 0.0698. The van der Waals surface area contributed by atoms with E-state index < -0.39 is 21.8 Å². The van der Waals surface area contributed by atoms with Crippen LogP contribution in [-0.2, 0) is 10.0 Å². The number of sulfonamides is 1. The quantitative estimate of drug-likeness (QED) is 0.471. The molecule has 156 valence electrons. The van der Waals surface area contributed by atoms with E-state index in [-0.39, 0.29) is 21.8 Å². The van der Waals surface area contributed by atoms with E-state index in [2.05, 4.69) is 9.82 Å². The van der Waals surface area contributed by atoms with Crippen LogP contribution in [0, 0.1) is 5.82 Å². The molecule has 31 heavy (non-hydrogen) atoms. The molecule has 1 heterocycles. The van der Waals surface area contributed by atoms with E-state index in [1.807, 2.05) is 30.3 Å². The standard InChI is InChI=1S/C22H16FN3O4S/c23-19-14-17(8-10-21(19)26-12-4-11-24-26)31(29,30)25-20-13-16(7-9-18(20)22(27)28)15-5-2-1-3-6-15/h1-14,25H,(H,27,28). The average Bonchev–Trinajstić information content (AvgIpc) is 3.28. The second kappa shape index (κ2) is 8.04. The minimum atomic E-state index is -4.26. The number of rotatable bonds is 6. The lowest BCUT2D eigenvalue weighted by atomic mass is 10.0. The Morgan fingerprint density at radius 2 is 1.74 bits per heavy atom. The van der Waals surface area contributed by atoms with Gasteiger partial charge in [0.15, 0.2) is 0 Å². The van der Waals surface area contributed by atoms with Crippen molar-refractivity contribution in [2.75, 3.05) is 4.72 Å². The molecule has 9 heteroatoms. The Balaban J connectivity index is 1.72. The first-order valence-corrected chi connectivity index (χ1v) is 10.6. The van der Waals surface area contributed by atoms with E-state index in [0.29, 0.717) is 5.56 Å². The van der Waals surface area contributed by atoms with Crippen LogP contribution in [0.4, 0.5) is 10.1 Å². The van der Waals surface area contributed by atoms with Crippen LogP contribution in [0.1, 0.15) is 10.4 Å². The molecule has 0 radical (unpaired) electrons. The largest absolute Gasteiger partial charge is 0.478 e. The van der Waals surface area contributed by atoms with Gasteiger partial charge in [-0.2, -0.15) is 5.10 Å². The Hall–Kier alpha value is -3.98. The summed E-state index contributed by atoms with van der Waals surface area (Å²) in [4.78, 5) is 11.3. The van der Waals surface area contributed by atoms with Crippen LogP contribution in [0.5, 0.6) is 0 Å². The molecule has 4 rings (SSSR count). The van der Waals surface area contributed by atoms with Crippen molar-refractivity contribution in [1.29, 1.82) is 0 Å². The Kier molecular flexibility index (Phi) is 5.26. The van der Waals surface area contributed by atoms with Crippen molar-refractivity contribution in [3.63, 3.8) is 0 Å². The lowest BCUT2D eigenvalue weighted by Crippen LogP contribution is -2.16. The number of hydrogen-bond acceptors (Lipinski definition) is 4. The molecule has 0 fully saturated rings. The molecule has 0 spiro atoms. The Labute approximate surface area is 177 Å².